The molecular formula is C40H50O12. The number of hydrogen-bond acceptors (Lipinski definition) is 12. The lowest BCUT2D eigenvalue weighted by Gasteiger charge is -2.26. The Morgan fingerprint density at radius 1 is 0.404 bits per heavy atom. The van der Waals surface area contributed by atoms with Gasteiger partial charge in [-0.3, -0.25) is 0 Å². The Balaban J connectivity index is 1.67. The Morgan fingerprint density at radius 2 is 0.692 bits per heavy atom. The Morgan fingerprint density at radius 3 is 0.981 bits per heavy atom. The number of aromatic hydroxyl groups is 4. The summed E-state index contributed by atoms with van der Waals surface area (Å²) in [5.41, 5.74) is 3.40. The summed E-state index contributed by atoms with van der Waals surface area (Å²) in [7, 11) is 5.71. The Kier molecular flexibility index (Phi) is 14.2. The third-order valence-electron chi connectivity index (χ3n) is 9.75. The third-order valence-corrected chi connectivity index (χ3v) is 9.75. The van der Waals surface area contributed by atoms with Crippen molar-refractivity contribution in [1.82, 2.24) is 0 Å². The molecule has 0 saturated carbocycles. The maximum absolute atomic E-state index is 11.3. The van der Waals surface area contributed by atoms with Crippen LogP contribution in [0, 0.1) is 23.7 Å². The number of benzene rings is 4. The van der Waals surface area contributed by atoms with Gasteiger partial charge in [0.25, 0.3) is 0 Å². The van der Waals surface area contributed by atoms with Gasteiger partial charge in [0, 0.05) is 37.6 Å². The summed E-state index contributed by atoms with van der Waals surface area (Å²) in [6.45, 7) is -0.951. The predicted molar refractivity (Wildman–Crippen MR) is 195 cm³/mol. The second kappa shape index (κ2) is 18.6. The second-order valence-electron chi connectivity index (χ2n) is 13.0. The minimum atomic E-state index is -0.421. The van der Waals surface area contributed by atoms with Crippen LogP contribution >= 0.6 is 0 Å². The number of phenols is 4. The molecule has 12 nitrogen and oxygen atoms in total. The van der Waals surface area contributed by atoms with Crippen molar-refractivity contribution in [3.05, 3.63) is 82.9 Å². The van der Waals surface area contributed by atoms with Crippen molar-refractivity contribution in [2.24, 2.45) is 23.7 Å². The third kappa shape index (κ3) is 9.31. The lowest BCUT2D eigenvalue weighted by molar-refractivity contribution is 0.119. The van der Waals surface area contributed by atoms with Gasteiger partial charge in [0.2, 0.25) is 0 Å². The summed E-state index contributed by atoms with van der Waals surface area (Å²) in [5.74, 6) is -1.20. The van der Waals surface area contributed by atoms with E-state index >= 15 is 0 Å². The highest BCUT2D eigenvalue weighted by molar-refractivity contribution is 5.81. The molecule has 0 aliphatic rings. The molecule has 0 amide bonds. The summed E-state index contributed by atoms with van der Waals surface area (Å²) in [4.78, 5) is 0. The van der Waals surface area contributed by atoms with Crippen LogP contribution < -0.4 is 18.9 Å². The minimum absolute atomic E-state index is 0.00611. The number of rotatable bonds is 19. The smallest absolute Gasteiger partial charge is 0.165 e. The van der Waals surface area contributed by atoms with E-state index in [9.17, 15) is 40.9 Å². The Labute approximate surface area is 303 Å². The minimum Gasteiger partial charge on any atom is -0.504 e. The first-order valence-corrected chi connectivity index (χ1v) is 17.0. The molecule has 4 aromatic rings. The molecule has 0 heterocycles. The summed E-state index contributed by atoms with van der Waals surface area (Å²) >= 11 is 0. The number of methoxy groups -OCH3 is 4. The van der Waals surface area contributed by atoms with E-state index in [-0.39, 0.29) is 96.7 Å². The molecule has 0 aromatic heterocycles. The zero-order chi connectivity index (χ0) is 37.9. The predicted octanol–water partition coefficient (Wildman–Crippen LogP) is 4.21. The monoisotopic (exact) mass is 722 g/mol. The average Bonchev–Trinajstić information content (AvgIpc) is 3.16. The standard InChI is InChI=1S/C40H50O12/c1-49-35-15-23(5-7-33(35)45)9-27(19-41)29(21-43)11-25-13-31(39(47)37(17-25)51-3)32-14-26(18-38(52-4)40(32)48)12-30(22-44)28(20-42)10-24-6-8-34(46)36(16-24)50-2/h5-8,13-18,27-30,41-48H,9-12,19-22H2,1-4H3/t27-,28+,29-,30+. The van der Waals surface area contributed by atoms with E-state index in [1.807, 2.05) is 0 Å². The van der Waals surface area contributed by atoms with E-state index in [0.717, 1.165) is 11.1 Å². The van der Waals surface area contributed by atoms with Gasteiger partial charge in [0.05, 0.1) is 28.4 Å². The van der Waals surface area contributed by atoms with Crippen molar-refractivity contribution in [2.75, 3.05) is 54.9 Å². The molecule has 0 bridgehead atoms. The van der Waals surface area contributed by atoms with Crippen molar-refractivity contribution >= 4 is 0 Å². The normalized spacial score (nSPS) is 13.6. The van der Waals surface area contributed by atoms with Gasteiger partial charge in [-0.2, -0.15) is 0 Å². The SMILES string of the molecule is COc1cc(C[C@@H](CO)[C@H](CO)Cc2cc(OC)c(O)c(-c3cc(C[C@H](CO)[C@@H](CO)Cc4ccc(O)c(OC)c4)cc(OC)c3O)c2)ccc1O. The van der Waals surface area contributed by atoms with Gasteiger partial charge < -0.3 is 59.8 Å². The van der Waals surface area contributed by atoms with E-state index < -0.39 is 11.8 Å². The molecule has 0 fully saturated rings. The lowest BCUT2D eigenvalue weighted by atomic mass is 9.82. The van der Waals surface area contributed by atoms with Gasteiger partial charge in [-0.25, -0.2) is 0 Å². The number of hydrogen-bond donors (Lipinski definition) is 8. The fraction of sp³-hybridized carbons (Fsp3) is 0.400. The molecule has 0 spiro atoms. The average molecular weight is 723 g/mol. The number of ether oxygens (including phenoxy) is 4. The van der Waals surface area contributed by atoms with E-state index in [1.54, 1.807) is 48.5 Å². The maximum Gasteiger partial charge on any atom is 0.165 e. The van der Waals surface area contributed by atoms with Gasteiger partial charge in [0.1, 0.15) is 0 Å². The van der Waals surface area contributed by atoms with E-state index in [0.29, 0.717) is 35.5 Å². The van der Waals surface area contributed by atoms with Crippen molar-refractivity contribution in [2.45, 2.75) is 25.7 Å². The summed E-state index contributed by atoms with van der Waals surface area (Å²) in [6.07, 6.45) is 1.35. The first-order valence-electron chi connectivity index (χ1n) is 17.0. The van der Waals surface area contributed by atoms with E-state index in [4.69, 9.17) is 18.9 Å². The quantitative estimate of drug-likeness (QED) is 0.0687. The number of aliphatic hydroxyl groups excluding tert-OH is 4. The molecule has 0 saturated heterocycles. The lowest BCUT2D eigenvalue weighted by Crippen LogP contribution is -2.26. The Hall–Kier alpha value is -4.88. The molecule has 0 unspecified atom stereocenters. The summed E-state index contributed by atoms with van der Waals surface area (Å²) in [6, 6.07) is 16.5. The number of aliphatic hydroxyl groups is 4. The molecule has 52 heavy (non-hydrogen) atoms. The van der Waals surface area contributed by atoms with Crippen LogP contribution in [0.3, 0.4) is 0 Å². The van der Waals surface area contributed by atoms with E-state index in [2.05, 4.69) is 0 Å². The maximum atomic E-state index is 11.3. The van der Waals surface area contributed by atoms with Crippen LogP contribution in [0.5, 0.6) is 46.0 Å². The molecule has 12 heteroatoms. The molecule has 0 aliphatic carbocycles. The van der Waals surface area contributed by atoms with Crippen molar-refractivity contribution in [1.29, 1.82) is 0 Å². The summed E-state index contributed by atoms with van der Waals surface area (Å²) < 4.78 is 21.5. The van der Waals surface area contributed by atoms with E-state index in [1.165, 1.54) is 40.6 Å². The molecule has 4 rings (SSSR count). The van der Waals surface area contributed by atoms with Crippen molar-refractivity contribution in [3.63, 3.8) is 0 Å². The van der Waals surface area contributed by atoms with Crippen LogP contribution in [0.15, 0.2) is 60.7 Å². The molecule has 8 N–H and O–H groups in total. The van der Waals surface area contributed by atoms with Crippen LogP contribution in [-0.2, 0) is 25.7 Å². The molecular weight excluding hydrogens is 672 g/mol. The zero-order valence-corrected chi connectivity index (χ0v) is 30.0. The highest BCUT2D eigenvalue weighted by Gasteiger charge is 2.27. The molecule has 0 aliphatic heterocycles. The van der Waals surface area contributed by atoms with Crippen LogP contribution in [0.2, 0.25) is 0 Å². The Bertz CT molecular complexity index is 1650. The first kappa shape index (κ1) is 39.9. The van der Waals surface area contributed by atoms with Crippen LogP contribution in [0.1, 0.15) is 22.3 Å². The van der Waals surface area contributed by atoms with Gasteiger partial charge >= 0.3 is 0 Å². The first-order chi connectivity index (χ1) is 25.0. The van der Waals surface area contributed by atoms with Crippen LogP contribution in [0.4, 0.5) is 0 Å². The molecule has 4 aromatic carbocycles. The van der Waals surface area contributed by atoms with Gasteiger partial charge in [0.15, 0.2) is 46.0 Å². The van der Waals surface area contributed by atoms with Gasteiger partial charge in [-0.05, 0) is 120 Å². The molecule has 0 radical (unpaired) electrons. The van der Waals surface area contributed by atoms with Crippen molar-refractivity contribution in [3.8, 4) is 57.1 Å². The fourth-order valence-electron chi connectivity index (χ4n) is 6.72. The zero-order valence-electron chi connectivity index (χ0n) is 30.0. The highest BCUT2D eigenvalue weighted by atomic mass is 16.5. The summed E-state index contributed by atoms with van der Waals surface area (Å²) in [5, 5.41) is 84.3. The van der Waals surface area contributed by atoms with Gasteiger partial charge in [-0.1, -0.05) is 12.1 Å². The highest BCUT2D eigenvalue weighted by Crippen LogP contribution is 2.46. The number of phenolic OH excluding ortho intramolecular Hbond substituents is 4. The van der Waals surface area contributed by atoms with Crippen LogP contribution in [0.25, 0.3) is 11.1 Å². The topological polar surface area (TPSA) is 199 Å². The largest absolute Gasteiger partial charge is 0.504 e. The molecule has 282 valence electrons. The van der Waals surface area contributed by atoms with Crippen LogP contribution in [-0.4, -0.2) is 95.7 Å². The molecule has 4 atom stereocenters. The van der Waals surface area contributed by atoms with Gasteiger partial charge in [-0.15, -0.1) is 0 Å². The second-order valence-corrected chi connectivity index (χ2v) is 13.0. The van der Waals surface area contributed by atoms with Crippen molar-refractivity contribution < 1.29 is 59.8 Å². The fourth-order valence-corrected chi connectivity index (χ4v) is 6.72.